The van der Waals surface area contributed by atoms with Gasteiger partial charge in [-0.15, -0.1) is 0 Å². The number of hydrogen-bond donors (Lipinski definition) is 2. The van der Waals surface area contributed by atoms with E-state index in [9.17, 15) is 4.79 Å². The van der Waals surface area contributed by atoms with E-state index in [1.54, 1.807) is 17.9 Å². The van der Waals surface area contributed by atoms with Crippen molar-refractivity contribution in [3.05, 3.63) is 41.8 Å². The van der Waals surface area contributed by atoms with Gasteiger partial charge in [0.15, 0.2) is 5.82 Å². The van der Waals surface area contributed by atoms with E-state index in [2.05, 4.69) is 15.1 Å². The topological polar surface area (TPSA) is 101 Å². The first kappa shape index (κ1) is 19.5. The van der Waals surface area contributed by atoms with Crippen LogP contribution in [0.25, 0.3) is 0 Å². The van der Waals surface area contributed by atoms with Gasteiger partial charge in [-0.1, -0.05) is 50.1 Å². The minimum absolute atomic E-state index is 0.151. The third-order valence-electron chi connectivity index (χ3n) is 5.39. The maximum absolute atomic E-state index is 11.7. The van der Waals surface area contributed by atoms with Gasteiger partial charge in [-0.05, 0) is 30.0 Å². The van der Waals surface area contributed by atoms with Crippen LogP contribution < -0.4 is 5.48 Å². The Kier molecular flexibility index (Phi) is 7.33. The Labute approximate surface area is 159 Å². The molecule has 0 unspecified atom stereocenters. The highest BCUT2D eigenvalue weighted by Gasteiger charge is 2.23. The summed E-state index contributed by atoms with van der Waals surface area (Å²) in [5.74, 6) is 1.28. The first-order valence-electron chi connectivity index (χ1n) is 9.89. The molecule has 0 spiro atoms. The molecular weight excluding hydrogens is 344 g/mol. The van der Waals surface area contributed by atoms with Gasteiger partial charge in [-0.3, -0.25) is 15.0 Å². The molecule has 2 N–H and O–H groups in total. The van der Waals surface area contributed by atoms with E-state index in [0.29, 0.717) is 18.1 Å². The largest absolute Gasteiger partial charge is 0.339 e. The Morgan fingerprint density at radius 2 is 2.04 bits per heavy atom. The Bertz CT molecular complexity index is 698. The molecule has 1 aliphatic carbocycles. The fourth-order valence-corrected chi connectivity index (χ4v) is 3.90. The molecule has 0 aliphatic heterocycles. The fraction of sp³-hybridized carbons (Fsp3) is 0.600. The molecule has 146 valence electrons. The highest BCUT2D eigenvalue weighted by molar-refractivity contribution is 5.75. The normalized spacial score (nSPS) is 16.2. The van der Waals surface area contributed by atoms with Crippen LogP contribution in [0.15, 0.2) is 29.0 Å². The lowest BCUT2D eigenvalue weighted by atomic mass is 9.84. The number of rotatable bonds is 9. The monoisotopic (exact) mass is 372 g/mol. The second-order valence-corrected chi connectivity index (χ2v) is 7.45. The lowest BCUT2D eigenvalue weighted by molar-refractivity contribution is -0.129. The molecule has 0 saturated heterocycles. The number of hydrogen-bond acceptors (Lipinski definition) is 6. The molecule has 7 nitrogen and oxygen atoms in total. The van der Waals surface area contributed by atoms with Crippen LogP contribution in [-0.4, -0.2) is 26.2 Å². The van der Waals surface area contributed by atoms with Crippen LogP contribution in [-0.2, 0) is 11.2 Å². The first-order chi connectivity index (χ1) is 13.2. The zero-order chi connectivity index (χ0) is 18.9. The maximum Gasteiger partial charge on any atom is 0.244 e. The van der Waals surface area contributed by atoms with Crippen LogP contribution in [0.5, 0.6) is 0 Å². The van der Waals surface area contributed by atoms with E-state index < -0.39 is 5.91 Å². The molecule has 2 heterocycles. The first-order valence-corrected chi connectivity index (χ1v) is 9.89. The average molecular weight is 372 g/mol. The summed E-state index contributed by atoms with van der Waals surface area (Å²) in [5, 5.41) is 13.0. The average Bonchev–Trinajstić information content (AvgIpc) is 3.17. The summed E-state index contributed by atoms with van der Waals surface area (Å²) < 4.78 is 5.45. The lowest BCUT2D eigenvalue weighted by Crippen LogP contribution is -2.21. The van der Waals surface area contributed by atoms with Crippen LogP contribution in [0, 0.1) is 5.92 Å². The molecular formula is C20H28N4O3. The molecule has 0 aromatic carbocycles. The van der Waals surface area contributed by atoms with Crippen molar-refractivity contribution in [2.45, 2.75) is 70.1 Å². The van der Waals surface area contributed by atoms with Crippen molar-refractivity contribution in [1.82, 2.24) is 20.6 Å². The molecule has 27 heavy (non-hydrogen) atoms. The summed E-state index contributed by atoms with van der Waals surface area (Å²) in [6.45, 7) is 0. The summed E-state index contributed by atoms with van der Waals surface area (Å²) in [7, 11) is 0. The number of hydroxylamine groups is 1. The smallest absolute Gasteiger partial charge is 0.244 e. The van der Waals surface area contributed by atoms with Crippen LogP contribution in [0.4, 0.5) is 0 Å². The van der Waals surface area contributed by atoms with Gasteiger partial charge in [0.25, 0.3) is 0 Å². The molecule has 3 rings (SSSR count). The molecule has 7 heteroatoms. The minimum Gasteiger partial charge on any atom is -0.339 e. The number of carbonyl (C=O) groups is 1. The van der Waals surface area contributed by atoms with E-state index in [1.165, 1.54) is 38.5 Å². The van der Waals surface area contributed by atoms with E-state index in [0.717, 1.165) is 24.3 Å². The molecule has 2 aromatic rings. The molecule has 1 fully saturated rings. The van der Waals surface area contributed by atoms with Gasteiger partial charge in [-0.25, -0.2) is 5.48 Å². The summed E-state index contributed by atoms with van der Waals surface area (Å²) in [4.78, 5) is 20.2. The van der Waals surface area contributed by atoms with Crippen LogP contribution in [0.2, 0.25) is 0 Å². The van der Waals surface area contributed by atoms with Crippen molar-refractivity contribution < 1.29 is 14.5 Å². The summed E-state index contributed by atoms with van der Waals surface area (Å²) in [5.41, 5.74) is 2.77. The summed E-state index contributed by atoms with van der Waals surface area (Å²) in [6.07, 6.45) is 13.9. The predicted octanol–water partition coefficient (Wildman–Crippen LogP) is 3.79. The standard InChI is InChI=1S/C20H28N4O3/c25-19(23-26)14-17(8-4-7-15-5-2-1-3-6-15)20-22-18(24-27-20)13-16-9-11-21-12-10-16/h9-12,15,17,26H,1-8,13-14H2,(H,23,25)/t17-/m0/s1. The Morgan fingerprint density at radius 3 is 2.78 bits per heavy atom. The van der Waals surface area contributed by atoms with Crippen molar-refractivity contribution >= 4 is 5.91 Å². The van der Waals surface area contributed by atoms with Crippen LogP contribution in [0.1, 0.15) is 81.0 Å². The van der Waals surface area contributed by atoms with E-state index in [1.807, 2.05) is 12.1 Å². The van der Waals surface area contributed by atoms with Gasteiger partial charge < -0.3 is 4.52 Å². The lowest BCUT2D eigenvalue weighted by Gasteiger charge is -2.22. The van der Waals surface area contributed by atoms with Gasteiger partial charge in [-0.2, -0.15) is 4.98 Å². The maximum atomic E-state index is 11.7. The van der Waals surface area contributed by atoms with Gasteiger partial charge in [0.05, 0.1) is 0 Å². The highest BCUT2D eigenvalue weighted by atomic mass is 16.5. The molecule has 0 radical (unpaired) electrons. The van der Waals surface area contributed by atoms with Crippen molar-refractivity contribution in [2.24, 2.45) is 5.92 Å². The zero-order valence-corrected chi connectivity index (χ0v) is 15.6. The van der Waals surface area contributed by atoms with Gasteiger partial charge >= 0.3 is 0 Å². The SMILES string of the molecule is O=C(C[C@H](CCCC1CCCCC1)c1nc(Cc2ccncc2)no1)NO. The van der Waals surface area contributed by atoms with E-state index in [-0.39, 0.29) is 12.3 Å². The number of carbonyl (C=O) groups excluding carboxylic acids is 1. The zero-order valence-electron chi connectivity index (χ0n) is 15.6. The third-order valence-corrected chi connectivity index (χ3v) is 5.39. The molecule has 1 aliphatic rings. The van der Waals surface area contributed by atoms with Crippen LogP contribution in [0.3, 0.4) is 0 Å². The fourth-order valence-electron chi connectivity index (χ4n) is 3.90. The number of pyridine rings is 1. The Balaban J connectivity index is 1.59. The summed E-state index contributed by atoms with van der Waals surface area (Å²) >= 11 is 0. The van der Waals surface area contributed by atoms with Gasteiger partial charge in [0, 0.05) is 31.2 Å². The highest BCUT2D eigenvalue weighted by Crippen LogP contribution is 2.31. The number of amides is 1. The van der Waals surface area contributed by atoms with Gasteiger partial charge in [0.2, 0.25) is 11.8 Å². The molecule has 1 saturated carbocycles. The van der Waals surface area contributed by atoms with Crippen molar-refractivity contribution in [1.29, 1.82) is 0 Å². The van der Waals surface area contributed by atoms with Gasteiger partial charge in [0.1, 0.15) is 0 Å². The second kappa shape index (κ2) is 10.2. The number of aromatic nitrogens is 3. The molecule has 0 bridgehead atoms. The van der Waals surface area contributed by atoms with E-state index in [4.69, 9.17) is 9.73 Å². The minimum atomic E-state index is -0.424. The molecule has 1 amide bonds. The van der Waals surface area contributed by atoms with Crippen LogP contribution >= 0.6 is 0 Å². The third kappa shape index (κ3) is 6.13. The molecule has 2 aromatic heterocycles. The Morgan fingerprint density at radius 1 is 1.26 bits per heavy atom. The van der Waals surface area contributed by atoms with Crippen molar-refractivity contribution in [3.8, 4) is 0 Å². The van der Waals surface area contributed by atoms with Crippen molar-refractivity contribution in [3.63, 3.8) is 0 Å². The number of nitrogens with one attached hydrogen (secondary N) is 1. The number of nitrogens with zero attached hydrogens (tertiary/aromatic N) is 3. The second-order valence-electron chi connectivity index (χ2n) is 7.45. The van der Waals surface area contributed by atoms with Crippen molar-refractivity contribution in [2.75, 3.05) is 0 Å². The van der Waals surface area contributed by atoms with E-state index >= 15 is 0 Å². The quantitative estimate of drug-likeness (QED) is 0.513. The predicted molar refractivity (Wildman–Crippen MR) is 99.1 cm³/mol. The summed E-state index contributed by atoms with van der Waals surface area (Å²) in [6, 6.07) is 3.83. The Hall–Kier alpha value is -2.28. The molecule has 1 atom stereocenters.